The van der Waals surface area contributed by atoms with Crippen LogP contribution in [0.3, 0.4) is 0 Å². The summed E-state index contributed by atoms with van der Waals surface area (Å²) in [6.45, 7) is 13.2. The lowest BCUT2D eigenvalue weighted by molar-refractivity contribution is -0.130. The first kappa shape index (κ1) is 24.8. The summed E-state index contributed by atoms with van der Waals surface area (Å²) >= 11 is 0. The normalized spacial score (nSPS) is 17.4. The number of benzene rings is 1. The fourth-order valence-electron chi connectivity index (χ4n) is 4.11. The zero-order chi connectivity index (χ0) is 22.1. The van der Waals surface area contributed by atoms with Crippen LogP contribution < -0.4 is 0 Å². The van der Waals surface area contributed by atoms with Gasteiger partial charge in [0, 0.05) is 44.9 Å². The Bertz CT molecular complexity index is 764. The largest absolute Gasteiger partial charge is 0.341 e. The molecule has 170 valence electrons. The minimum absolute atomic E-state index is 0.296. The second-order valence-corrected chi connectivity index (χ2v) is 10.4. The van der Waals surface area contributed by atoms with Crippen molar-refractivity contribution < 1.29 is 13.2 Å². The molecule has 0 aromatic heterocycles. The lowest BCUT2D eigenvalue weighted by Gasteiger charge is -2.28. The molecular formula is C23H39N3O3S. The van der Waals surface area contributed by atoms with Crippen molar-refractivity contribution in [1.29, 1.82) is 0 Å². The van der Waals surface area contributed by atoms with Crippen LogP contribution in [0.1, 0.15) is 45.6 Å². The van der Waals surface area contributed by atoms with Crippen molar-refractivity contribution in [2.45, 2.75) is 57.4 Å². The van der Waals surface area contributed by atoms with E-state index in [4.69, 9.17) is 0 Å². The molecule has 0 saturated carbocycles. The zero-order valence-corrected chi connectivity index (χ0v) is 20.0. The van der Waals surface area contributed by atoms with Crippen molar-refractivity contribution in [3.05, 3.63) is 29.8 Å². The van der Waals surface area contributed by atoms with Crippen LogP contribution in [-0.2, 0) is 21.1 Å². The monoisotopic (exact) mass is 437 g/mol. The molecule has 1 saturated heterocycles. The molecule has 7 heteroatoms. The third-order valence-corrected chi connectivity index (χ3v) is 7.29. The maximum atomic E-state index is 12.3. The summed E-state index contributed by atoms with van der Waals surface area (Å²) in [5.41, 5.74) is 1.16. The Morgan fingerprint density at radius 3 is 2.37 bits per heavy atom. The number of amides is 1. The number of carbonyl (C=O) groups is 1. The van der Waals surface area contributed by atoms with Gasteiger partial charge in [-0.15, -0.1) is 0 Å². The highest BCUT2D eigenvalue weighted by atomic mass is 32.2. The molecule has 0 radical (unpaired) electrons. The minimum Gasteiger partial charge on any atom is -0.341 e. The zero-order valence-electron chi connectivity index (χ0n) is 19.1. The molecule has 1 heterocycles. The molecule has 1 atom stereocenters. The van der Waals surface area contributed by atoms with Gasteiger partial charge >= 0.3 is 0 Å². The molecule has 6 nitrogen and oxygen atoms in total. The quantitative estimate of drug-likeness (QED) is 0.498. The molecule has 30 heavy (non-hydrogen) atoms. The molecule has 1 aliphatic heterocycles. The Balaban J connectivity index is 1.77. The SMILES string of the molecule is CCN1CCC(=O)N(CCCCN(CC)C(C)Cc2ccc(S(C)(=O)=O)cc2)CC1. The minimum atomic E-state index is -3.15. The fourth-order valence-corrected chi connectivity index (χ4v) is 4.74. The molecule has 1 amide bonds. The van der Waals surface area contributed by atoms with Crippen LogP contribution in [0.4, 0.5) is 0 Å². The van der Waals surface area contributed by atoms with Gasteiger partial charge in [-0.05, 0) is 63.5 Å². The molecule has 0 aliphatic carbocycles. The van der Waals surface area contributed by atoms with E-state index in [2.05, 4.69) is 30.6 Å². The van der Waals surface area contributed by atoms with E-state index < -0.39 is 9.84 Å². The Kier molecular flexibility index (Phi) is 9.78. The van der Waals surface area contributed by atoms with Gasteiger partial charge in [0.15, 0.2) is 9.84 Å². The van der Waals surface area contributed by atoms with Gasteiger partial charge in [0.1, 0.15) is 0 Å². The summed E-state index contributed by atoms with van der Waals surface area (Å²) in [5, 5.41) is 0. The van der Waals surface area contributed by atoms with E-state index in [0.717, 1.165) is 70.6 Å². The number of likely N-dealkylation sites (N-methyl/N-ethyl adjacent to an activating group) is 2. The van der Waals surface area contributed by atoms with Gasteiger partial charge in [-0.3, -0.25) is 4.79 Å². The second kappa shape index (κ2) is 11.8. The number of hydrogen-bond donors (Lipinski definition) is 0. The molecule has 1 aliphatic rings. The maximum absolute atomic E-state index is 12.3. The van der Waals surface area contributed by atoms with Crippen molar-refractivity contribution in [2.75, 3.05) is 52.1 Å². The van der Waals surface area contributed by atoms with E-state index in [9.17, 15) is 13.2 Å². The standard InChI is InChI=1S/C23H39N3O3S/c1-5-24-16-13-23(27)26(18-17-24)15-8-7-14-25(6-2)20(3)19-21-9-11-22(12-10-21)30(4,28)29/h9-12,20H,5-8,13-19H2,1-4H3. The van der Waals surface area contributed by atoms with Crippen molar-refractivity contribution in [3.8, 4) is 0 Å². The smallest absolute Gasteiger partial charge is 0.223 e. The van der Waals surface area contributed by atoms with E-state index in [1.54, 1.807) is 12.1 Å². The molecular weight excluding hydrogens is 398 g/mol. The van der Waals surface area contributed by atoms with Crippen LogP contribution in [0.5, 0.6) is 0 Å². The van der Waals surface area contributed by atoms with Crippen molar-refractivity contribution in [1.82, 2.24) is 14.7 Å². The molecule has 1 fully saturated rings. The van der Waals surface area contributed by atoms with Gasteiger partial charge in [-0.1, -0.05) is 26.0 Å². The lowest BCUT2D eigenvalue weighted by atomic mass is 10.1. The topological polar surface area (TPSA) is 60.9 Å². The summed E-state index contributed by atoms with van der Waals surface area (Å²) in [6, 6.07) is 7.63. The number of hydrogen-bond acceptors (Lipinski definition) is 5. The molecule has 0 bridgehead atoms. The predicted molar refractivity (Wildman–Crippen MR) is 123 cm³/mol. The summed E-state index contributed by atoms with van der Waals surface area (Å²) in [7, 11) is -3.15. The number of carbonyl (C=O) groups excluding carboxylic acids is 1. The molecule has 1 aromatic rings. The van der Waals surface area contributed by atoms with Crippen LogP contribution in [0.15, 0.2) is 29.2 Å². The van der Waals surface area contributed by atoms with Crippen LogP contribution in [-0.4, -0.2) is 87.1 Å². The molecule has 1 unspecified atom stereocenters. The summed E-state index contributed by atoms with van der Waals surface area (Å²) in [6.07, 6.45) is 4.89. The fraction of sp³-hybridized carbons (Fsp3) is 0.696. The van der Waals surface area contributed by atoms with Gasteiger partial charge in [0.05, 0.1) is 4.90 Å². The average Bonchev–Trinajstić information content (AvgIpc) is 2.89. The van der Waals surface area contributed by atoms with E-state index in [1.165, 1.54) is 6.26 Å². The molecule has 2 rings (SSSR count). The number of rotatable bonds is 11. The third kappa shape index (κ3) is 7.67. The first-order valence-corrected chi connectivity index (χ1v) is 13.2. The summed E-state index contributed by atoms with van der Waals surface area (Å²) in [4.78, 5) is 19.5. The van der Waals surface area contributed by atoms with Crippen LogP contribution in [0, 0.1) is 0 Å². The first-order valence-electron chi connectivity index (χ1n) is 11.3. The Labute approximate surface area is 183 Å². The maximum Gasteiger partial charge on any atom is 0.223 e. The number of nitrogens with zero attached hydrogens (tertiary/aromatic N) is 3. The van der Waals surface area contributed by atoms with Crippen molar-refractivity contribution in [2.24, 2.45) is 0 Å². The van der Waals surface area contributed by atoms with E-state index in [-0.39, 0.29) is 0 Å². The number of unbranched alkanes of at least 4 members (excludes halogenated alkanes) is 1. The van der Waals surface area contributed by atoms with Gasteiger partial charge < -0.3 is 14.7 Å². The van der Waals surface area contributed by atoms with Gasteiger partial charge in [-0.2, -0.15) is 0 Å². The van der Waals surface area contributed by atoms with E-state index in [1.807, 2.05) is 17.0 Å². The molecule has 1 aromatic carbocycles. The highest BCUT2D eigenvalue weighted by Gasteiger charge is 2.20. The van der Waals surface area contributed by atoms with Gasteiger partial charge in [0.25, 0.3) is 0 Å². The van der Waals surface area contributed by atoms with Crippen molar-refractivity contribution >= 4 is 15.7 Å². The van der Waals surface area contributed by atoms with Crippen LogP contribution in [0.25, 0.3) is 0 Å². The van der Waals surface area contributed by atoms with E-state index >= 15 is 0 Å². The molecule has 0 N–H and O–H groups in total. The second-order valence-electron chi connectivity index (χ2n) is 8.37. The Hall–Kier alpha value is -1.44. The Morgan fingerprint density at radius 2 is 1.77 bits per heavy atom. The molecule has 0 spiro atoms. The highest BCUT2D eigenvalue weighted by Crippen LogP contribution is 2.14. The predicted octanol–water partition coefficient (Wildman–Crippen LogP) is 2.68. The van der Waals surface area contributed by atoms with Crippen LogP contribution in [0.2, 0.25) is 0 Å². The van der Waals surface area contributed by atoms with E-state index in [0.29, 0.717) is 23.3 Å². The highest BCUT2D eigenvalue weighted by molar-refractivity contribution is 7.90. The summed E-state index contributed by atoms with van der Waals surface area (Å²) in [5.74, 6) is 0.296. The number of sulfone groups is 1. The van der Waals surface area contributed by atoms with Gasteiger partial charge in [-0.25, -0.2) is 8.42 Å². The average molecular weight is 438 g/mol. The summed E-state index contributed by atoms with van der Waals surface area (Å²) < 4.78 is 23.2. The van der Waals surface area contributed by atoms with Gasteiger partial charge in [0.2, 0.25) is 5.91 Å². The lowest BCUT2D eigenvalue weighted by Crippen LogP contribution is -2.36. The Morgan fingerprint density at radius 1 is 1.07 bits per heavy atom. The van der Waals surface area contributed by atoms with Crippen LogP contribution >= 0.6 is 0 Å². The first-order chi connectivity index (χ1) is 14.2. The van der Waals surface area contributed by atoms with Crippen molar-refractivity contribution in [3.63, 3.8) is 0 Å². The third-order valence-electron chi connectivity index (χ3n) is 6.16.